The molecule has 0 saturated carbocycles. The summed E-state index contributed by atoms with van der Waals surface area (Å²) < 4.78 is 5.70. The van der Waals surface area contributed by atoms with Gasteiger partial charge in [-0.05, 0) is 32.9 Å². The molecule has 0 aromatic rings. The van der Waals surface area contributed by atoms with Crippen molar-refractivity contribution >= 4 is 0 Å². The molecule has 0 spiro atoms. The first-order valence-electron chi connectivity index (χ1n) is 6.10. The van der Waals surface area contributed by atoms with Crippen molar-refractivity contribution in [1.29, 1.82) is 0 Å². The third-order valence-electron chi connectivity index (χ3n) is 2.82. The van der Waals surface area contributed by atoms with Gasteiger partial charge in [-0.1, -0.05) is 13.8 Å². The molecule has 1 unspecified atom stereocenters. The van der Waals surface area contributed by atoms with Gasteiger partial charge in [-0.25, -0.2) is 0 Å². The van der Waals surface area contributed by atoms with Crippen molar-refractivity contribution in [2.45, 2.75) is 33.3 Å². The van der Waals surface area contributed by atoms with Gasteiger partial charge in [0.25, 0.3) is 0 Å². The van der Waals surface area contributed by atoms with Crippen LogP contribution in [-0.4, -0.2) is 49.8 Å². The molecule has 3 heteroatoms. The second kappa shape index (κ2) is 5.83. The largest absolute Gasteiger partial charge is 0.373 e. The Morgan fingerprint density at radius 1 is 1.47 bits per heavy atom. The predicted octanol–water partition coefficient (Wildman–Crippen LogP) is 1.34. The molecule has 0 amide bonds. The first-order valence-corrected chi connectivity index (χ1v) is 6.10. The number of ether oxygens (including phenoxy) is 1. The maximum atomic E-state index is 5.70. The van der Waals surface area contributed by atoms with E-state index in [9.17, 15) is 0 Å². The molecule has 1 N–H and O–H groups in total. The zero-order chi connectivity index (χ0) is 11.3. The third kappa shape index (κ3) is 4.96. The lowest BCUT2D eigenvalue weighted by Gasteiger charge is -2.39. The Bertz CT molecular complexity index is 182. The minimum absolute atomic E-state index is 0.0379. The Morgan fingerprint density at radius 2 is 2.20 bits per heavy atom. The van der Waals surface area contributed by atoms with Crippen molar-refractivity contribution in [1.82, 2.24) is 10.2 Å². The Kier molecular flexibility index (Phi) is 5.03. The SMILES string of the molecule is CCNCC(C)CN1CCOC(C)(C)C1. The molecule has 1 saturated heterocycles. The van der Waals surface area contributed by atoms with Crippen molar-refractivity contribution in [2.24, 2.45) is 5.92 Å². The molecule has 0 aliphatic carbocycles. The summed E-state index contributed by atoms with van der Waals surface area (Å²) in [5, 5.41) is 3.40. The Hall–Kier alpha value is -0.120. The maximum Gasteiger partial charge on any atom is 0.0753 e. The molecule has 0 aromatic carbocycles. The second-order valence-electron chi connectivity index (χ2n) is 5.26. The standard InChI is InChI=1S/C12H26N2O/c1-5-13-8-11(2)9-14-6-7-15-12(3,4)10-14/h11,13H,5-10H2,1-4H3. The van der Waals surface area contributed by atoms with Gasteiger partial charge in [0.2, 0.25) is 0 Å². The van der Waals surface area contributed by atoms with Crippen molar-refractivity contribution in [2.75, 3.05) is 39.3 Å². The lowest BCUT2D eigenvalue weighted by Crippen LogP contribution is -2.50. The van der Waals surface area contributed by atoms with Gasteiger partial charge in [-0.2, -0.15) is 0 Å². The van der Waals surface area contributed by atoms with E-state index in [0.717, 1.165) is 38.7 Å². The van der Waals surface area contributed by atoms with E-state index in [0.29, 0.717) is 0 Å². The number of nitrogens with one attached hydrogen (secondary N) is 1. The first kappa shape index (κ1) is 12.9. The van der Waals surface area contributed by atoms with Gasteiger partial charge in [0, 0.05) is 19.6 Å². The van der Waals surface area contributed by atoms with Gasteiger partial charge in [0.15, 0.2) is 0 Å². The summed E-state index contributed by atoms with van der Waals surface area (Å²) in [6.07, 6.45) is 0. The highest BCUT2D eigenvalue weighted by Crippen LogP contribution is 2.17. The summed E-state index contributed by atoms with van der Waals surface area (Å²) in [4.78, 5) is 2.52. The molecule has 0 radical (unpaired) electrons. The molecule has 0 bridgehead atoms. The van der Waals surface area contributed by atoms with Crippen LogP contribution in [0.15, 0.2) is 0 Å². The average molecular weight is 214 g/mol. The van der Waals surface area contributed by atoms with Crippen molar-refractivity contribution in [3.63, 3.8) is 0 Å². The van der Waals surface area contributed by atoms with Crippen molar-refractivity contribution in [3.8, 4) is 0 Å². The van der Waals surface area contributed by atoms with Crippen LogP contribution in [0.4, 0.5) is 0 Å². The summed E-state index contributed by atoms with van der Waals surface area (Å²) in [5.74, 6) is 0.721. The van der Waals surface area contributed by atoms with Crippen LogP contribution >= 0.6 is 0 Å². The van der Waals surface area contributed by atoms with Gasteiger partial charge in [0.05, 0.1) is 12.2 Å². The van der Waals surface area contributed by atoms with E-state index in [1.54, 1.807) is 0 Å². The monoisotopic (exact) mass is 214 g/mol. The summed E-state index contributed by atoms with van der Waals surface area (Å²) in [5.41, 5.74) is 0.0379. The predicted molar refractivity (Wildman–Crippen MR) is 64.2 cm³/mol. The molecule has 1 aliphatic heterocycles. The molecular weight excluding hydrogens is 188 g/mol. The highest BCUT2D eigenvalue weighted by atomic mass is 16.5. The van der Waals surface area contributed by atoms with E-state index in [4.69, 9.17) is 4.74 Å². The fourth-order valence-electron chi connectivity index (χ4n) is 2.17. The second-order valence-corrected chi connectivity index (χ2v) is 5.26. The normalized spacial score (nSPS) is 24.0. The minimum Gasteiger partial charge on any atom is -0.373 e. The molecule has 1 heterocycles. The van der Waals surface area contributed by atoms with Crippen LogP contribution < -0.4 is 5.32 Å². The average Bonchev–Trinajstić information content (AvgIpc) is 2.13. The lowest BCUT2D eigenvalue weighted by atomic mass is 10.1. The summed E-state index contributed by atoms with van der Waals surface area (Å²) in [6, 6.07) is 0. The van der Waals surface area contributed by atoms with E-state index in [2.05, 4.69) is 37.9 Å². The Balaban J connectivity index is 2.25. The fraction of sp³-hybridized carbons (Fsp3) is 1.00. The Morgan fingerprint density at radius 3 is 2.80 bits per heavy atom. The van der Waals surface area contributed by atoms with Gasteiger partial charge in [-0.3, -0.25) is 4.90 Å². The quantitative estimate of drug-likeness (QED) is 0.747. The molecule has 90 valence electrons. The van der Waals surface area contributed by atoms with Crippen LogP contribution in [0.25, 0.3) is 0 Å². The number of rotatable bonds is 5. The Labute approximate surface area is 94.2 Å². The van der Waals surface area contributed by atoms with E-state index >= 15 is 0 Å². The number of morpholine rings is 1. The summed E-state index contributed by atoms with van der Waals surface area (Å²) in [7, 11) is 0. The number of hydrogen-bond donors (Lipinski definition) is 1. The fourth-order valence-corrected chi connectivity index (χ4v) is 2.17. The zero-order valence-corrected chi connectivity index (χ0v) is 10.7. The molecule has 1 fully saturated rings. The van der Waals surface area contributed by atoms with E-state index in [1.165, 1.54) is 6.54 Å². The van der Waals surface area contributed by atoms with Crippen LogP contribution in [0.3, 0.4) is 0 Å². The zero-order valence-electron chi connectivity index (χ0n) is 10.7. The van der Waals surface area contributed by atoms with E-state index < -0.39 is 0 Å². The topological polar surface area (TPSA) is 24.5 Å². The summed E-state index contributed by atoms with van der Waals surface area (Å²) in [6.45, 7) is 15.2. The molecular formula is C12H26N2O. The number of nitrogens with zero attached hydrogens (tertiary/aromatic N) is 1. The maximum absolute atomic E-state index is 5.70. The van der Waals surface area contributed by atoms with Gasteiger partial charge < -0.3 is 10.1 Å². The third-order valence-corrected chi connectivity index (χ3v) is 2.82. The van der Waals surface area contributed by atoms with Gasteiger partial charge >= 0.3 is 0 Å². The number of hydrogen-bond acceptors (Lipinski definition) is 3. The lowest BCUT2D eigenvalue weighted by molar-refractivity contribution is -0.0884. The van der Waals surface area contributed by atoms with Crippen molar-refractivity contribution in [3.05, 3.63) is 0 Å². The summed E-state index contributed by atoms with van der Waals surface area (Å²) >= 11 is 0. The van der Waals surface area contributed by atoms with Gasteiger partial charge in [-0.15, -0.1) is 0 Å². The molecule has 3 nitrogen and oxygen atoms in total. The highest BCUT2D eigenvalue weighted by molar-refractivity contribution is 4.80. The van der Waals surface area contributed by atoms with Crippen LogP contribution in [0.1, 0.15) is 27.7 Å². The molecule has 15 heavy (non-hydrogen) atoms. The molecule has 1 rings (SSSR count). The minimum atomic E-state index is 0.0379. The van der Waals surface area contributed by atoms with E-state index in [1.807, 2.05) is 0 Å². The van der Waals surface area contributed by atoms with E-state index in [-0.39, 0.29) is 5.60 Å². The van der Waals surface area contributed by atoms with Crippen LogP contribution in [0, 0.1) is 5.92 Å². The van der Waals surface area contributed by atoms with Gasteiger partial charge in [0.1, 0.15) is 0 Å². The van der Waals surface area contributed by atoms with Crippen molar-refractivity contribution < 1.29 is 4.74 Å². The molecule has 1 atom stereocenters. The highest BCUT2D eigenvalue weighted by Gasteiger charge is 2.27. The first-order chi connectivity index (χ1) is 7.03. The molecule has 1 aliphatic rings. The van der Waals surface area contributed by atoms with Crippen LogP contribution in [0.5, 0.6) is 0 Å². The molecule has 0 aromatic heterocycles. The van der Waals surface area contributed by atoms with Crippen LogP contribution in [0.2, 0.25) is 0 Å². The van der Waals surface area contributed by atoms with Crippen LogP contribution in [-0.2, 0) is 4.74 Å². The smallest absolute Gasteiger partial charge is 0.0753 e.